The summed E-state index contributed by atoms with van der Waals surface area (Å²) in [6.45, 7) is 2.56. The third kappa shape index (κ3) is 2.39. The summed E-state index contributed by atoms with van der Waals surface area (Å²) in [6.07, 6.45) is 4.69. The number of amides is 1. The predicted molar refractivity (Wildman–Crippen MR) is 62.3 cm³/mol. The molecule has 88 valence electrons. The van der Waals surface area contributed by atoms with Gasteiger partial charge in [-0.25, -0.2) is 9.97 Å². The fourth-order valence-corrected chi connectivity index (χ4v) is 1.30. The molecule has 2 rings (SSSR count). The van der Waals surface area contributed by atoms with Gasteiger partial charge in [-0.2, -0.15) is 5.10 Å². The minimum absolute atomic E-state index is 0.180. The molecular formula is C10H12N6O. The van der Waals surface area contributed by atoms with Crippen LogP contribution in [0.3, 0.4) is 0 Å². The van der Waals surface area contributed by atoms with E-state index in [1.165, 1.54) is 12.4 Å². The fourth-order valence-electron chi connectivity index (χ4n) is 1.30. The van der Waals surface area contributed by atoms with Gasteiger partial charge in [-0.15, -0.1) is 0 Å². The van der Waals surface area contributed by atoms with Crippen LogP contribution < -0.4 is 11.1 Å². The number of nitrogens with one attached hydrogen (secondary N) is 1. The molecule has 2 aromatic heterocycles. The van der Waals surface area contributed by atoms with Crippen LogP contribution in [0.1, 0.15) is 17.4 Å². The standard InChI is InChI=1S/C10H12N6O/c1-2-16-6-7(11)8(15-16)9(17)14-10-12-4-3-5-13-10/h3-6H,2,11H2,1H3,(H,12,13,14,17). The summed E-state index contributed by atoms with van der Waals surface area (Å²) in [6, 6.07) is 1.66. The van der Waals surface area contributed by atoms with E-state index in [1.54, 1.807) is 16.9 Å². The van der Waals surface area contributed by atoms with Crippen LogP contribution in [0.15, 0.2) is 24.7 Å². The van der Waals surface area contributed by atoms with Crippen molar-refractivity contribution >= 4 is 17.5 Å². The maximum atomic E-state index is 11.8. The molecule has 0 aliphatic rings. The van der Waals surface area contributed by atoms with Gasteiger partial charge in [-0.1, -0.05) is 0 Å². The molecule has 0 radical (unpaired) electrons. The van der Waals surface area contributed by atoms with Crippen LogP contribution in [-0.2, 0) is 6.54 Å². The molecule has 0 unspecified atom stereocenters. The van der Waals surface area contributed by atoms with E-state index in [0.717, 1.165) is 0 Å². The van der Waals surface area contributed by atoms with Crippen molar-refractivity contribution in [2.24, 2.45) is 0 Å². The molecular weight excluding hydrogens is 220 g/mol. The summed E-state index contributed by atoms with van der Waals surface area (Å²) in [5.74, 6) is -0.191. The van der Waals surface area contributed by atoms with Crippen molar-refractivity contribution in [2.75, 3.05) is 11.1 Å². The van der Waals surface area contributed by atoms with Crippen molar-refractivity contribution in [3.8, 4) is 0 Å². The van der Waals surface area contributed by atoms with Gasteiger partial charge in [0.2, 0.25) is 5.95 Å². The number of rotatable bonds is 3. The van der Waals surface area contributed by atoms with Crippen LogP contribution in [0, 0.1) is 0 Å². The van der Waals surface area contributed by atoms with E-state index in [1.807, 2.05) is 6.92 Å². The van der Waals surface area contributed by atoms with E-state index in [4.69, 9.17) is 5.73 Å². The van der Waals surface area contributed by atoms with Gasteiger partial charge in [0, 0.05) is 25.1 Å². The fraction of sp³-hybridized carbons (Fsp3) is 0.200. The van der Waals surface area contributed by atoms with Gasteiger partial charge in [-0.05, 0) is 13.0 Å². The lowest BCUT2D eigenvalue weighted by atomic mass is 10.3. The zero-order chi connectivity index (χ0) is 12.3. The number of carbonyl (C=O) groups is 1. The van der Waals surface area contributed by atoms with Gasteiger partial charge >= 0.3 is 0 Å². The van der Waals surface area contributed by atoms with E-state index in [2.05, 4.69) is 20.4 Å². The number of nitrogens with zero attached hydrogens (tertiary/aromatic N) is 4. The second-order valence-corrected chi connectivity index (χ2v) is 3.32. The third-order valence-electron chi connectivity index (χ3n) is 2.12. The largest absolute Gasteiger partial charge is 0.396 e. The number of hydrogen-bond donors (Lipinski definition) is 2. The number of aromatic nitrogens is 4. The van der Waals surface area contributed by atoms with Crippen LogP contribution in [0.4, 0.5) is 11.6 Å². The molecule has 0 aliphatic carbocycles. The van der Waals surface area contributed by atoms with Gasteiger partial charge in [0.1, 0.15) is 0 Å². The third-order valence-corrected chi connectivity index (χ3v) is 2.12. The Hall–Kier alpha value is -2.44. The van der Waals surface area contributed by atoms with E-state index in [0.29, 0.717) is 12.2 Å². The molecule has 7 nitrogen and oxygen atoms in total. The van der Waals surface area contributed by atoms with Crippen molar-refractivity contribution in [1.82, 2.24) is 19.7 Å². The number of hydrogen-bond acceptors (Lipinski definition) is 5. The summed E-state index contributed by atoms with van der Waals surface area (Å²) in [5, 5.41) is 6.57. The first kappa shape index (κ1) is 11.1. The Bertz CT molecular complexity index is 521. The average Bonchev–Trinajstić information content (AvgIpc) is 2.72. The Morgan fingerprint density at radius 1 is 1.47 bits per heavy atom. The Labute approximate surface area is 97.7 Å². The lowest BCUT2D eigenvalue weighted by molar-refractivity contribution is 0.102. The van der Waals surface area contributed by atoms with Crippen LogP contribution >= 0.6 is 0 Å². The van der Waals surface area contributed by atoms with Crippen molar-refractivity contribution in [3.05, 3.63) is 30.4 Å². The van der Waals surface area contributed by atoms with Crippen molar-refractivity contribution in [3.63, 3.8) is 0 Å². The molecule has 2 aromatic rings. The quantitative estimate of drug-likeness (QED) is 0.804. The van der Waals surface area contributed by atoms with E-state index in [-0.39, 0.29) is 11.6 Å². The topological polar surface area (TPSA) is 98.7 Å². The van der Waals surface area contributed by atoms with Gasteiger partial charge < -0.3 is 5.73 Å². The van der Waals surface area contributed by atoms with Crippen molar-refractivity contribution in [1.29, 1.82) is 0 Å². The number of anilines is 2. The summed E-state index contributed by atoms with van der Waals surface area (Å²) < 4.78 is 1.59. The molecule has 2 heterocycles. The maximum absolute atomic E-state index is 11.8. The molecule has 0 bridgehead atoms. The second kappa shape index (κ2) is 4.60. The lowest BCUT2D eigenvalue weighted by Crippen LogP contribution is -2.16. The highest BCUT2D eigenvalue weighted by Crippen LogP contribution is 2.10. The number of aryl methyl sites for hydroxylation is 1. The maximum Gasteiger partial charge on any atom is 0.280 e. The first-order chi connectivity index (χ1) is 8.20. The lowest BCUT2D eigenvalue weighted by Gasteiger charge is -2.00. The number of carbonyl (C=O) groups excluding carboxylic acids is 1. The molecule has 3 N–H and O–H groups in total. The van der Waals surface area contributed by atoms with Crippen LogP contribution in [0.2, 0.25) is 0 Å². The summed E-state index contributed by atoms with van der Waals surface area (Å²) in [7, 11) is 0. The Kier molecular flexibility index (Phi) is 2.99. The van der Waals surface area contributed by atoms with Gasteiger partial charge in [0.25, 0.3) is 5.91 Å². The van der Waals surface area contributed by atoms with E-state index >= 15 is 0 Å². The molecule has 0 saturated heterocycles. The minimum atomic E-state index is -0.416. The smallest absolute Gasteiger partial charge is 0.280 e. The highest BCUT2D eigenvalue weighted by Gasteiger charge is 2.15. The summed E-state index contributed by atoms with van der Waals surface area (Å²) >= 11 is 0. The molecule has 0 atom stereocenters. The Morgan fingerprint density at radius 2 is 2.18 bits per heavy atom. The Balaban J connectivity index is 2.17. The molecule has 7 heteroatoms. The first-order valence-corrected chi connectivity index (χ1v) is 5.12. The molecule has 0 aromatic carbocycles. The summed E-state index contributed by atoms with van der Waals surface area (Å²) in [5.41, 5.74) is 6.20. The van der Waals surface area contributed by atoms with Gasteiger partial charge in [-0.3, -0.25) is 14.8 Å². The second-order valence-electron chi connectivity index (χ2n) is 3.32. The minimum Gasteiger partial charge on any atom is -0.396 e. The SMILES string of the molecule is CCn1cc(N)c(C(=O)Nc2ncccn2)n1. The Morgan fingerprint density at radius 3 is 2.76 bits per heavy atom. The van der Waals surface area contributed by atoms with E-state index in [9.17, 15) is 4.79 Å². The molecule has 0 aliphatic heterocycles. The summed E-state index contributed by atoms with van der Waals surface area (Å²) in [4.78, 5) is 19.6. The average molecular weight is 232 g/mol. The highest BCUT2D eigenvalue weighted by molar-refractivity contribution is 6.05. The zero-order valence-corrected chi connectivity index (χ0v) is 9.29. The molecule has 1 amide bonds. The number of nitrogens with two attached hydrogens (primary N) is 1. The first-order valence-electron chi connectivity index (χ1n) is 5.12. The predicted octanol–water partition coefficient (Wildman–Crippen LogP) is 0.528. The molecule has 0 saturated carbocycles. The van der Waals surface area contributed by atoms with E-state index < -0.39 is 5.91 Å². The molecule has 0 fully saturated rings. The number of nitrogen functional groups attached to an aromatic ring is 1. The van der Waals surface area contributed by atoms with Crippen LogP contribution in [0.5, 0.6) is 0 Å². The van der Waals surface area contributed by atoms with Gasteiger partial charge in [0.05, 0.1) is 5.69 Å². The molecule has 0 spiro atoms. The monoisotopic (exact) mass is 232 g/mol. The normalized spacial score (nSPS) is 10.2. The van der Waals surface area contributed by atoms with Crippen molar-refractivity contribution in [2.45, 2.75) is 13.5 Å². The highest BCUT2D eigenvalue weighted by atomic mass is 16.2. The molecule has 17 heavy (non-hydrogen) atoms. The zero-order valence-electron chi connectivity index (χ0n) is 9.29. The van der Waals surface area contributed by atoms with Crippen LogP contribution in [-0.4, -0.2) is 25.7 Å². The van der Waals surface area contributed by atoms with Crippen LogP contribution in [0.25, 0.3) is 0 Å². The van der Waals surface area contributed by atoms with Crippen molar-refractivity contribution < 1.29 is 4.79 Å². The van der Waals surface area contributed by atoms with Gasteiger partial charge in [0.15, 0.2) is 5.69 Å².